The van der Waals surface area contributed by atoms with Crippen molar-refractivity contribution in [1.82, 2.24) is 0 Å². The van der Waals surface area contributed by atoms with E-state index in [1.807, 2.05) is 25.2 Å². The highest BCUT2D eigenvalue weighted by molar-refractivity contribution is 5.65. The lowest BCUT2D eigenvalue weighted by atomic mass is 10.1. The van der Waals surface area contributed by atoms with Gasteiger partial charge in [0.25, 0.3) is 0 Å². The number of aryl methyl sites for hydroxylation is 1. The lowest BCUT2D eigenvalue weighted by Gasteiger charge is -2.05. The summed E-state index contributed by atoms with van der Waals surface area (Å²) in [6.07, 6.45) is 1.01. The number of hydrogen-bond acceptors (Lipinski definition) is 3. The van der Waals surface area contributed by atoms with Gasteiger partial charge in [-0.1, -0.05) is 13.0 Å². The van der Waals surface area contributed by atoms with Gasteiger partial charge in [-0.15, -0.1) is 0 Å². The van der Waals surface area contributed by atoms with Crippen molar-refractivity contribution in [2.24, 2.45) is 5.11 Å². The van der Waals surface area contributed by atoms with Crippen LogP contribution >= 0.6 is 0 Å². The van der Waals surface area contributed by atoms with E-state index in [0.717, 1.165) is 12.1 Å². The van der Waals surface area contributed by atoms with Crippen LogP contribution in [0.15, 0.2) is 23.3 Å². The van der Waals surface area contributed by atoms with Gasteiger partial charge in [0, 0.05) is 7.05 Å². The van der Waals surface area contributed by atoms with Gasteiger partial charge in [-0.2, -0.15) is 5.11 Å². The molecular weight excluding hydrogens is 150 g/mol. The van der Waals surface area contributed by atoms with E-state index >= 15 is 0 Å². The molecule has 3 nitrogen and oxygen atoms in total. The smallest absolute Gasteiger partial charge is 0.108 e. The Bertz CT molecular complexity index is 281. The Morgan fingerprint density at radius 3 is 2.75 bits per heavy atom. The van der Waals surface area contributed by atoms with E-state index in [0.29, 0.717) is 5.69 Å². The fourth-order valence-corrected chi connectivity index (χ4v) is 1.10. The van der Waals surface area contributed by atoms with Crippen LogP contribution in [0.5, 0.6) is 0 Å². The van der Waals surface area contributed by atoms with Crippen LogP contribution in [0, 0.1) is 5.53 Å². The third-order valence-corrected chi connectivity index (χ3v) is 1.86. The Kier molecular flexibility index (Phi) is 2.80. The molecule has 3 heteroatoms. The molecule has 0 amide bonds. The molecule has 0 aromatic heterocycles. The van der Waals surface area contributed by atoms with Crippen molar-refractivity contribution in [2.75, 3.05) is 12.4 Å². The summed E-state index contributed by atoms with van der Waals surface area (Å²) in [7, 11) is 1.84. The SMILES string of the molecule is CCc1ccc(N=N)c(NC)c1. The van der Waals surface area contributed by atoms with Crippen molar-refractivity contribution in [3.8, 4) is 0 Å². The molecule has 64 valence electrons. The van der Waals surface area contributed by atoms with Crippen LogP contribution in [0.1, 0.15) is 12.5 Å². The number of benzene rings is 1. The molecule has 0 atom stereocenters. The third kappa shape index (κ3) is 1.61. The summed E-state index contributed by atoms with van der Waals surface area (Å²) in [6.45, 7) is 2.10. The molecule has 0 heterocycles. The first kappa shape index (κ1) is 8.71. The van der Waals surface area contributed by atoms with Gasteiger partial charge in [-0.25, -0.2) is 5.53 Å². The second-order valence-corrected chi connectivity index (χ2v) is 2.57. The molecule has 0 fully saturated rings. The second kappa shape index (κ2) is 3.85. The van der Waals surface area contributed by atoms with E-state index in [1.54, 1.807) is 0 Å². The Morgan fingerprint density at radius 2 is 2.25 bits per heavy atom. The van der Waals surface area contributed by atoms with Crippen LogP contribution in [0.25, 0.3) is 0 Å². The monoisotopic (exact) mass is 163 g/mol. The minimum absolute atomic E-state index is 0.690. The van der Waals surface area contributed by atoms with Crippen LogP contribution in [-0.4, -0.2) is 7.05 Å². The molecule has 0 saturated heterocycles. The van der Waals surface area contributed by atoms with Crippen molar-refractivity contribution in [3.63, 3.8) is 0 Å². The second-order valence-electron chi connectivity index (χ2n) is 2.57. The van der Waals surface area contributed by atoms with E-state index in [2.05, 4.69) is 17.4 Å². The van der Waals surface area contributed by atoms with Gasteiger partial charge in [0.05, 0.1) is 5.69 Å². The Morgan fingerprint density at radius 1 is 1.50 bits per heavy atom. The Balaban J connectivity index is 3.10. The number of nitrogens with one attached hydrogen (secondary N) is 2. The van der Waals surface area contributed by atoms with Gasteiger partial charge in [-0.3, -0.25) is 0 Å². The zero-order valence-corrected chi connectivity index (χ0v) is 7.39. The molecular formula is C9H13N3. The Hall–Kier alpha value is -1.38. The number of nitrogens with zero attached hydrogens (tertiary/aromatic N) is 1. The molecule has 12 heavy (non-hydrogen) atoms. The van der Waals surface area contributed by atoms with Crippen LogP contribution < -0.4 is 5.32 Å². The third-order valence-electron chi connectivity index (χ3n) is 1.86. The van der Waals surface area contributed by atoms with Crippen molar-refractivity contribution in [2.45, 2.75) is 13.3 Å². The van der Waals surface area contributed by atoms with E-state index in [-0.39, 0.29) is 0 Å². The summed E-state index contributed by atoms with van der Waals surface area (Å²) in [6, 6.07) is 5.87. The summed E-state index contributed by atoms with van der Waals surface area (Å²) in [5, 5.41) is 6.41. The lowest BCUT2D eigenvalue weighted by Crippen LogP contribution is -1.90. The van der Waals surface area contributed by atoms with Crippen LogP contribution in [0.4, 0.5) is 11.4 Å². The predicted octanol–water partition coefficient (Wildman–Crippen LogP) is 2.95. The first-order chi connectivity index (χ1) is 5.81. The van der Waals surface area contributed by atoms with Gasteiger partial charge in [-0.05, 0) is 24.1 Å². The first-order valence-corrected chi connectivity index (χ1v) is 4.00. The van der Waals surface area contributed by atoms with Crippen LogP contribution in [0.3, 0.4) is 0 Å². The first-order valence-electron chi connectivity index (χ1n) is 4.00. The standard InChI is InChI=1S/C9H13N3/c1-3-7-4-5-8(12-10)9(6-7)11-2/h4-6,10-11H,3H2,1-2H3. The molecule has 0 aliphatic carbocycles. The Labute approximate surface area is 72.3 Å². The van der Waals surface area contributed by atoms with Gasteiger partial charge in [0.2, 0.25) is 0 Å². The van der Waals surface area contributed by atoms with E-state index < -0.39 is 0 Å². The average molecular weight is 163 g/mol. The molecule has 1 rings (SSSR count). The highest BCUT2D eigenvalue weighted by Gasteiger charge is 1.99. The maximum absolute atomic E-state index is 6.90. The maximum atomic E-state index is 6.90. The zero-order valence-electron chi connectivity index (χ0n) is 7.39. The number of hydrogen-bond donors (Lipinski definition) is 2. The molecule has 1 aromatic carbocycles. The normalized spacial score (nSPS) is 9.50. The summed E-state index contributed by atoms with van der Waals surface area (Å²) >= 11 is 0. The topological polar surface area (TPSA) is 48.2 Å². The van der Waals surface area contributed by atoms with Crippen molar-refractivity contribution in [1.29, 1.82) is 5.53 Å². The summed E-state index contributed by atoms with van der Waals surface area (Å²) in [4.78, 5) is 0. The zero-order chi connectivity index (χ0) is 8.97. The highest BCUT2D eigenvalue weighted by Crippen LogP contribution is 2.25. The molecule has 1 aromatic rings. The molecule has 0 spiro atoms. The largest absolute Gasteiger partial charge is 0.386 e. The van der Waals surface area contributed by atoms with E-state index in [4.69, 9.17) is 5.53 Å². The van der Waals surface area contributed by atoms with Crippen LogP contribution in [0.2, 0.25) is 0 Å². The van der Waals surface area contributed by atoms with Crippen LogP contribution in [-0.2, 0) is 6.42 Å². The van der Waals surface area contributed by atoms with Crippen molar-refractivity contribution < 1.29 is 0 Å². The summed E-state index contributed by atoms with van der Waals surface area (Å²) < 4.78 is 0. The fourth-order valence-electron chi connectivity index (χ4n) is 1.10. The molecule has 0 aliphatic rings. The average Bonchev–Trinajstić information content (AvgIpc) is 2.16. The molecule has 0 radical (unpaired) electrons. The van der Waals surface area contributed by atoms with Gasteiger partial charge in [0.15, 0.2) is 0 Å². The van der Waals surface area contributed by atoms with E-state index in [9.17, 15) is 0 Å². The maximum Gasteiger partial charge on any atom is 0.108 e. The predicted molar refractivity (Wildman–Crippen MR) is 50.2 cm³/mol. The van der Waals surface area contributed by atoms with E-state index in [1.165, 1.54) is 5.56 Å². The molecule has 2 N–H and O–H groups in total. The van der Waals surface area contributed by atoms with Gasteiger partial charge in [0.1, 0.15) is 5.69 Å². The minimum Gasteiger partial charge on any atom is -0.386 e. The van der Waals surface area contributed by atoms with Gasteiger partial charge >= 0.3 is 0 Å². The molecule has 0 saturated carbocycles. The summed E-state index contributed by atoms with van der Waals surface area (Å²) in [5.41, 5.74) is 9.77. The van der Waals surface area contributed by atoms with Gasteiger partial charge < -0.3 is 5.32 Å². The fraction of sp³-hybridized carbons (Fsp3) is 0.333. The minimum atomic E-state index is 0.690. The summed E-state index contributed by atoms with van der Waals surface area (Å²) in [5.74, 6) is 0. The molecule has 0 aliphatic heterocycles. The number of rotatable bonds is 3. The highest BCUT2D eigenvalue weighted by atomic mass is 15.0. The lowest BCUT2D eigenvalue weighted by molar-refractivity contribution is 1.12. The molecule has 0 unspecified atom stereocenters. The molecule has 0 bridgehead atoms. The van der Waals surface area contributed by atoms with Crippen molar-refractivity contribution >= 4 is 11.4 Å². The number of anilines is 1. The quantitative estimate of drug-likeness (QED) is 0.661. The van der Waals surface area contributed by atoms with Crippen molar-refractivity contribution in [3.05, 3.63) is 23.8 Å².